The number of aliphatic hydroxyl groups excluding tert-OH is 2. The van der Waals surface area contributed by atoms with Gasteiger partial charge in [0.2, 0.25) is 0 Å². The van der Waals surface area contributed by atoms with E-state index in [0.29, 0.717) is 29.5 Å². The van der Waals surface area contributed by atoms with Crippen LogP contribution in [0.2, 0.25) is 0 Å². The summed E-state index contributed by atoms with van der Waals surface area (Å²) in [5, 5.41) is 19.7. The first-order valence-electron chi connectivity index (χ1n) is 13.2. The summed E-state index contributed by atoms with van der Waals surface area (Å²) < 4.78 is 6.50. The largest absolute Gasteiger partial charge is 0.396 e. The first-order valence-corrected chi connectivity index (χ1v) is 13.2. The molecule has 1 heterocycles. The summed E-state index contributed by atoms with van der Waals surface area (Å²) in [7, 11) is 0. The Morgan fingerprint density at radius 2 is 1.80 bits per heavy atom. The summed E-state index contributed by atoms with van der Waals surface area (Å²) in [4.78, 5) is 0. The molecule has 0 radical (unpaired) electrons. The average molecular weight is 419 g/mol. The minimum absolute atomic E-state index is 0.0221. The molecule has 0 aromatic rings. The SMILES string of the molecule is CC(CO)CCC[C@@H](C)[C@H]1CC[C@H]2[C@@H]3C[C@H]4O[C@]45C[C@@H](O)CC[C@]5(C)[C@H]3CC[C@]12C. The lowest BCUT2D eigenvalue weighted by Gasteiger charge is -2.59. The molecule has 3 nitrogen and oxygen atoms in total. The van der Waals surface area contributed by atoms with Crippen molar-refractivity contribution in [2.75, 3.05) is 6.61 Å². The maximum atomic E-state index is 10.4. The topological polar surface area (TPSA) is 53.0 Å². The number of ether oxygens (including phenoxy) is 1. The van der Waals surface area contributed by atoms with Crippen LogP contribution in [-0.4, -0.2) is 34.6 Å². The predicted octanol–water partition coefficient (Wildman–Crippen LogP) is 5.57. The van der Waals surface area contributed by atoms with Crippen LogP contribution in [0.1, 0.15) is 98.3 Å². The first-order chi connectivity index (χ1) is 14.2. The minimum Gasteiger partial charge on any atom is -0.396 e. The molecule has 2 N–H and O–H groups in total. The Hall–Kier alpha value is -0.120. The van der Waals surface area contributed by atoms with E-state index in [4.69, 9.17) is 4.74 Å². The van der Waals surface area contributed by atoms with Crippen molar-refractivity contribution < 1.29 is 14.9 Å². The van der Waals surface area contributed by atoms with Crippen LogP contribution in [0.3, 0.4) is 0 Å². The van der Waals surface area contributed by atoms with Gasteiger partial charge in [-0.1, -0.05) is 40.5 Å². The first kappa shape index (κ1) is 21.7. The van der Waals surface area contributed by atoms with E-state index in [2.05, 4.69) is 27.7 Å². The summed E-state index contributed by atoms with van der Waals surface area (Å²) in [5.41, 5.74) is 0.835. The molecule has 3 heteroatoms. The van der Waals surface area contributed by atoms with Crippen LogP contribution >= 0.6 is 0 Å². The van der Waals surface area contributed by atoms with Crippen LogP contribution in [0.25, 0.3) is 0 Å². The highest BCUT2D eigenvalue weighted by Crippen LogP contribution is 2.74. The van der Waals surface area contributed by atoms with Gasteiger partial charge in [-0.15, -0.1) is 0 Å². The van der Waals surface area contributed by atoms with Gasteiger partial charge in [0.1, 0.15) is 5.60 Å². The molecule has 1 saturated heterocycles. The molecule has 0 amide bonds. The van der Waals surface area contributed by atoms with Crippen molar-refractivity contribution in [1.82, 2.24) is 0 Å². The number of hydrogen-bond acceptors (Lipinski definition) is 3. The van der Waals surface area contributed by atoms with Crippen LogP contribution in [0.15, 0.2) is 0 Å². The highest BCUT2D eigenvalue weighted by molar-refractivity contribution is 5.24. The molecule has 4 saturated carbocycles. The Balaban J connectivity index is 1.30. The third-order valence-corrected chi connectivity index (χ3v) is 11.5. The second-order valence-corrected chi connectivity index (χ2v) is 12.8. The third kappa shape index (κ3) is 3.00. The number of epoxide rings is 1. The normalized spacial score (nSPS) is 53.8. The molecular weight excluding hydrogens is 372 g/mol. The van der Waals surface area contributed by atoms with Crippen molar-refractivity contribution in [2.45, 2.75) is 116 Å². The van der Waals surface area contributed by atoms with E-state index < -0.39 is 0 Å². The van der Waals surface area contributed by atoms with Gasteiger partial charge in [-0.3, -0.25) is 0 Å². The Kier molecular flexibility index (Phi) is 5.39. The van der Waals surface area contributed by atoms with Crippen LogP contribution < -0.4 is 0 Å². The third-order valence-electron chi connectivity index (χ3n) is 11.5. The highest BCUT2D eigenvalue weighted by atomic mass is 16.6. The average Bonchev–Trinajstić information content (AvgIpc) is 3.28. The molecule has 5 fully saturated rings. The molecule has 30 heavy (non-hydrogen) atoms. The molecule has 0 bridgehead atoms. The van der Waals surface area contributed by atoms with Crippen molar-refractivity contribution >= 4 is 0 Å². The zero-order valence-corrected chi connectivity index (χ0v) is 19.9. The van der Waals surface area contributed by atoms with E-state index in [0.717, 1.165) is 48.9 Å². The van der Waals surface area contributed by atoms with E-state index in [1.54, 1.807) is 0 Å². The van der Waals surface area contributed by atoms with Crippen LogP contribution in [-0.2, 0) is 4.74 Å². The number of rotatable bonds is 6. The van der Waals surface area contributed by atoms with Gasteiger partial charge >= 0.3 is 0 Å². The fourth-order valence-corrected chi connectivity index (χ4v) is 9.71. The second-order valence-electron chi connectivity index (χ2n) is 12.8. The van der Waals surface area contributed by atoms with Crippen LogP contribution in [0.4, 0.5) is 0 Å². The van der Waals surface area contributed by atoms with E-state index in [1.165, 1.54) is 51.4 Å². The lowest BCUT2D eigenvalue weighted by molar-refractivity contribution is -0.116. The molecule has 5 aliphatic rings. The van der Waals surface area contributed by atoms with E-state index in [9.17, 15) is 10.2 Å². The Morgan fingerprint density at radius 1 is 1.00 bits per heavy atom. The lowest BCUT2D eigenvalue weighted by atomic mass is 9.44. The molecule has 1 aliphatic heterocycles. The monoisotopic (exact) mass is 418 g/mol. The lowest BCUT2D eigenvalue weighted by Crippen LogP contribution is -2.58. The number of fused-ring (bicyclic) bond motifs is 4. The molecule has 11 atom stereocenters. The molecule has 0 aromatic carbocycles. The van der Waals surface area contributed by atoms with Gasteiger partial charge in [0.25, 0.3) is 0 Å². The summed E-state index contributed by atoms with van der Waals surface area (Å²) >= 11 is 0. The Bertz CT molecular complexity index is 650. The standard InChI is InChI=1S/C27H46O3/c1-17(16-28)6-5-7-18(2)21-8-9-22-20-14-24-27(30-24)15-19(29)10-13-26(27,4)23(20)11-12-25(21,22)3/h17-24,28-29H,5-16H2,1-4H3/t17?,18-,19+,20+,21-,22+,23+,24-,25-,26-,27-/m1/s1. The van der Waals surface area contributed by atoms with E-state index >= 15 is 0 Å². The van der Waals surface area contributed by atoms with Crippen molar-refractivity contribution in [3.63, 3.8) is 0 Å². The van der Waals surface area contributed by atoms with Gasteiger partial charge < -0.3 is 14.9 Å². The number of aliphatic hydroxyl groups is 2. The van der Waals surface area contributed by atoms with Crippen molar-refractivity contribution in [3.05, 3.63) is 0 Å². The van der Waals surface area contributed by atoms with Gasteiger partial charge in [0.15, 0.2) is 0 Å². The number of hydrogen-bond donors (Lipinski definition) is 2. The Labute approximate surface area is 184 Å². The summed E-state index contributed by atoms with van der Waals surface area (Å²) in [6, 6.07) is 0. The zero-order chi connectivity index (χ0) is 21.3. The van der Waals surface area contributed by atoms with Gasteiger partial charge in [-0.25, -0.2) is 0 Å². The maximum absolute atomic E-state index is 10.4. The molecule has 5 rings (SSSR count). The Morgan fingerprint density at radius 3 is 2.57 bits per heavy atom. The van der Waals surface area contributed by atoms with Crippen molar-refractivity contribution in [3.8, 4) is 0 Å². The smallest absolute Gasteiger partial charge is 0.103 e. The second kappa shape index (κ2) is 7.45. The quantitative estimate of drug-likeness (QED) is 0.554. The van der Waals surface area contributed by atoms with E-state index in [1.807, 2.05) is 0 Å². The van der Waals surface area contributed by atoms with Crippen molar-refractivity contribution in [2.24, 2.45) is 46.3 Å². The fourth-order valence-electron chi connectivity index (χ4n) is 9.71. The summed E-state index contributed by atoms with van der Waals surface area (Å²) in [6.45, 7) is 10.2. The molecule has 0 aromatic heterocycles. The van der Waals surface area contributed by atoms with E-state index in [-0.39, 0.29) is 11.7 Å². The highest BCUT2D eigenvalue weighted by Gasteiger charge is 2.76. The summed E-state index contributed by atoms with van der Waals surface area (Å²) in [5.74, 6) is 4.67. The molecule has 1 unspecified atom stereocenters. The zero-order valence-electron chi connectivity index (χ0n) is 19.9. The fraction of sp³-hybridized carbons (Fsp3) is 1.00. The van der Waals surface area contributed by atoms with Gasteiger partial charge in [0, 0.05) is 18.4 Å². The van der Waals surface area contributed by atoms with Gasteiger partial charge in [-0.2, -0.15) is 0 Å². The van der Waals surface area contributed by atoms with Crippen molar-refractivity contribution in [1.29, 1.82) is 0 Å². The molecule has 1 spiro atoms. The molecule has 4 aliphatic carbocycles. The van der Waals surface area contributed by atoms with Crippen LogP contribution in [0.5, 0.6) is 0 Å². The summed E-state index contributed by atoms with van der Waals surface area (Å²) in [6.07, 6.45) is 14.0. The predicted molar refractivity (Wildman–Crippen MR) is 120 cm³/mol. The molecular formula is C27H46O3. The molecule has 172 valence electrons. The minimum atomic E-state index is -0.140. The maximum Gasteiger partial charge on any atom is 0.103 e. The van der Waals surface area contributed by atoms with Gasteiger partial charge in [0.05, 0.1) is 12.2 Å². The van der Waals surface area contributed by atoms with Crippen LogP contribution in [0, 0.1) is 46.3 Å². The van der Waals surface area contributed by atoms with Gasteiger partial charge in [-0.05, 0) is 92.3 Å².